The van der Waals surface area contributed by atoms with Gasteiger partial charge in [-0.05, 0) is 179 Å². The lowest BCUT2D eigenvalue weighted by Crippen LogP contribution is -2.12. The van der Waals surface area contributed by atoms with Crippen LogP contribution in [-0.2, 0) is 0 Å². The van der Waals surface area contributed by atoms with Crippen molar-refractivity contribution in [2.75, 3.05) is 49.0 Å². The molecule has 0 atom stereocenters. The lowest BCUT2D eigenvalue weighted by atomic mass is 10.2. The third-order valence-corrected chi connectivity index (χ3v) is 12.1. The first-order valence-corrected chi connectivity index (χ1v) is 29.4. The number of alkyl halides is 3. The van der Waals surface area contributed by atoms with E-state index in [1.165, 1.54) is 43.3 Å². The van der Waals surface area contributed by atoms with Gasteiger partial charge in [-0.25, -0.2) is 9.97 Å². The van der Waals surface area contributed by atoms with E-state index in [2.05, 4.69) is 74.9 Å². The standard InChI is InChI=1S/C17H21N5O2.C17H15N3O2.C11H12BrNO.C7H5NO.C6H4N2O.C4H8Br2/c18-16(19)12-3-5-13(6-4-12)23-9-1-2-10-24-14-7-8-15(17(20)21)22-11-14;18-11-14-3-6-16(7-4-14)21-9-1-2-10-22-17-8-5-15(12-19)20-13-17;12-7-1-2-8-14-11-5-3-10(9-13)4-6-11;8-5-6-1-3-7(9)4-2-6;7-3-5-1-2-6(9)8-4-5;5-3-1-2-4-6/h3-8,11H,1-2,9-10H2,(H3,18,19)(H3,20,21);3-8,13H,1-2,9-10H2;3-6H,1-2,7-8H2;1-4,9H;1-2,4H,(H,8,9);1-4H2. The second-order valence-electron chi connectivity index (χ2n) is 16.8. The third kappa shape index (κ3) is 33.5. The molecule has 0 aliphatic carbocycles. The maximum Gasteiger partial charge on any atom is 0.247 e. The molecule has 8 N–H and O–H groups in total. The lowest BCUT2D eigenvalue weighted by Gasteiger charge is -2.08. The Morgan fingerprint density at radius 2 is 0.810 bits per heavy atom. The van der Waals surface area contributed by atoms with Gasteiger partial charge in [-0.15, -0.1) is 0 Å². The smallest absolute Gasteiger partial charge is 0.247 e. The predicted molar refractivity (Wildman–Crippen MR) is 334 cm³/mol. The summed E-state index contributed by atoms with van der Waals surface area (Å²) in [5.41, 5.74) is 14.4. The van der Waals surface area contributed by atoms with Crippen LogP contribution in [0.4, 0.5) is 0 Å². The van der Waals surface area contributed by atoms with Crippen molar-refractivity contribution in [3.05, 3.63) is 202 Å². The normalized spacial score (nSPS) is 9.40. The summed E-state index contributed by atoms with van der Waals surface area (Å²) in [5.74, 6) is 3.83. The van der Waals surface area contributed by atoms with Crippen molar-refractivity contribution in [2.45, 2.75) is 51.4 Å². The zero-order valence-corrected chi connectivity index (χ0v) is 50.8. The molecule has 0 saturated carbocycles. The highest BCUT2D eigenvalue weighted by molar-refractivity contribution is 9.09. The van der Waals surface area contributed by atoms with Crippen LogP contribution in [0, 0.1) is 67.5 Å². The Hall–Kier alpha value is -9.24. The average Bonchev–Trinajstić information content (AvgIpc) is 3.54. The number of phenolic OH excluding ortho intramolecular Hbond substituents is 1. The van der Waals surface area contributed by atoms with E-state index < -0.39 is 0 Å². The van der Waals surface area contributed by atoms with Gasteiger partial charge in [-0.1, -0.05) is 47.8 Å². The maximum atomic E-state index is 10.4. The average molecular weight is 1330 g/mol. The molecule has 3 heterocycles. The predicted octanol–water partition coefficient (Wildman–Crippen LogP) is 12.1. The number of rotatable bonds is 24. The fraction of sp³-hybridized carbons (Fsp3) is 0.258. The van der Waals surface area contributed by atoms with E-state index in [1.54, 1.807) is 109 Å². The van der Waals surface area contributed by atoms with Crippen molar-refractivity contribution in [3.63, 3.8) is 0 Å². The molecule has 7 rings (SSSR count). The number of nitriles is 5. The number of amidine groups is 2. The molecule has 0 fully saturated rings. The Balaban J connectivity index is 0.000000366. The summed E-state index contributed by atoms with van der Waals surface area (Å²) in [6.45, 7) is 3.06. The number of aromatic nitrogens is 3. The number of nitrogens with two attached hydrogens (primary N) is 2. The SMILES string of the molecule is BrCCCCBr.N#Cc1ccc(=O)[nH]c1.N#Cc1ccc(O)cc1.N#Cc1ccc(OCCCCBr)cc1.N#Cc1ccc(OCCCCOc2ccc(C#N)nc2)cc1.N=C(N)c1ccc(OCCCCOc2ccc(C(=N)N)nc2)cc1. The molecule has 4 aromatic carbocycles. The van der Waals surface area contributed by atoms with E-state index in [0.717, 1.165) is 78.4 Å². The third-order valence-electron chi connectivity index (χ3n) is 10.4. The van der Waals surface area contributed by atoms with Gasteiger partial charge < -0.3 is 45.2 Å². The Morgan fingerprint density at radius 1 is 0.452 bits per heavy atom. The molecule has 0 radical (unpaired) electrons. The monoisotopic (exact) mass is 1330 g/mol. The highest BCUT2D eigenvalue weighted by Crippen LogP contribution is 2.16. The largest absolute Gasteiger partial charge is 0.508 e. The van der Waals surface area contributed by atoms with Gasteiger partial charge in [0, 0.05) is 33.8 Å². The number of hydrogen-bond donors (Lipinski definition) is 6. The number of H-pyrrole nitrogens is 1. The van der Waals surface area contributed by atoms with Crippen LogP contribution in [-0.4, -0.2) is 80.8 Å². The molecule has 0 saturated heterocycles. The molecular formula is C62H65Br3N12O7. The van der Waals surface area contributed by atoms with E-state index >= 15 is 0 Å². The number of hydrogen-bond acceptors (Lipinski definition) is 16. The molecule has 3 aromatic heterocycles. The van der Waals surface area contributed by atoms with Gasteiger partial charge in [0.1, 0.15) is 69.7 Å². The molecule has 0 unspecified atom stereocenters. The van der Waals surface area contributed by atoms with Crippen LogP contribution in [0.25, 0.3) is 0 Å². The van der Waals surface area contributed by atoms with Crippen molar-refractivity contribution < 1.29 is 28.8 Å². The zero-order chi connectivity index (χ0) is 61.4. The second-order valence-corrected chi connectivity index (χ2v) is 19.2. The Kier molecular flexibility index (Phi) is 38.3. The molecule has 22 heteroatoms. The molecule has 0 bridgehead atoms. The number of aromatic amines is 1. The summed E-state index contributed by atoms with van der Waals surface area (Å²) in [6, 6.07) is 46.9. The van der Waals surface area contributed by atoms with Gasteiger partial charge >= 0.3 is 0 Å². The summed E-state index contributed by atoms with van der Waals surface area (Å²) in [7, 11) is 0. The van der Waals surface area contributed by atoms with Gasteiger partial charge in [0.15, 0.2) is 0 Å². The molecule has 0 amide bonds. The number of phenols is 1. The first kappa shape index (κ1) is 70.9. The molecule has 0 spiro atoms. The number of nitrogens with zero attached hydrogens (tertiary/aromatic N) is 7. The van der Waals surface area contributed by atoms with Gasteiger partial charge in [0.05, 0.1) is 85.9 Å². The van der Waals surface area contributed by atoms with Crippen LogP contribution in [0.5, 0.6) is 34.5 Å². The number of unbranched alkanes of at least 4 members (excludes halogenated alkanes) is 4. The van der Waals surface area contributed by atoms with Gasteiger partial charge in [-0.3, -0.25) is 15.6 Å². The van der Waals surface area contributed by atoms with Gasteiger partial charge in [0.2, 0.25) is 5.56 Å². The fourth-order valence-corrected chi connectivity index (χ4v) is 7.09. The van der Waals surface area contributed by atoms with Crippen molar-refractivity contribution >= 4 is 59.5 Å². The van der Waals surface area contributed by atoms with E-state index in [9.17, 15) is 4.79 Å². The first-order chi connectivity index (χ1) is 40.8. The number of aromatic hydroxyl groups is 1. The van der Waals surface area contributed by atoms with Crippen LogP contribution in [0.2, 0.25) is 0 Å². The number of nitrogens with one attached hydrogen (secondary N) is 3. The molecule has 7 aromatic rings. The van der Waals surface area contributed by atoms with Crippen molar-refractivity contribution in [3.8, 4) is 64.8 Å². The molecule has 0 aliphatic rings. The van der Waals surface area contributed by atoms with Crippen molar-refractivity contribution in [1.82, 2.24) is 15.0 Å². The molecule has 436 valence electrons. The number of halogens is 3. The zero-order valence-electron chi connectivity index (χ0n) is 46.1. The molecule has 19 nitrogen and oxygen atoms in total. The minimum absolute atomic E-state index is 0.0459. The molecule has 0 aliphatic heterocycles. The Labute approximate surface area is 515 Å². The minimum Gasteiger partial charge on any atom is -0.508 e. The molecule has 84 heavy (non-hydrogen) atoms. The van der Waals surface area contributed by atoms with Crippen molar-refractivity contribution in [2.24, 2.45) is 11.5 Å². The van der Waals surface area contributed by atoms with E-state index in [4.69, 9.17) is 77.4 Å². The Bertz CT molecular complexity index is 3080. The van der Waals surface area contributed by atoms with E-state index in [0.29, 0.717) is 77.1 Å². The summed E-state index contributed by atoms with van der Waals surface area (Å²) in [6.07, 6.45) is 12.6. The minimum atomic E-state index is -0.186. The van der Waals surface area contributed by atoms with E-state index in [1.807, 2.05) is 30.3 Å². The van der Waals surface area contributed by atoms with Gasteiger partial charge in [0.25, 0.3) is 0 Å². The highest BCUT2D eigenvalue weighted by Gasteiger charge is 2.02. The lowest BCUT2D eigenvalue weighted by molar-refractivity contribution is 0.266. The number of pyridine rings is 3. The van der Waals surface area contributed by atoms with Crippen LogP contribution in [0.1, 0.15) is 90.6 Å². The van der Waals surface area contributed by atoms with Crippen LogP contribution < -0.4 is 40.7 Å². The maximum absolute atomic E-state index is 10.4. The summed E-state index contributed by atoms with van der Waals surface area (Å²) in [4.78, 5) is 20.7. The summed E-state index contributed by atoms with van der Waals surface area (Å²) < 4.78 is 27.8. The molecular weight excluding hydrogens is 1260 g/mol. The quantitative estimate of drug-likeness (QED) is 0.0142. The number of nitrogen functional groups attached to an aromatic ring is 2. The highest BCUT2D eigenvalue weighted by atomic mass is 79.9. The van der Waals surface area contributed by atoms with Crippen LogP contribution >= 0.6 is 47.8 Å². The second kappa shape index (κ2) is 45.4. The number of benzene rings is 4. The number of ether oxygens (including phenoxy) is 5. The summed E-state index contributed by atoms with van der Waals surface area (Å²) in [5, 5.41) is 69.1. The fourth-order valence-electron chi connectivity index (χ4n) is 5.90. The van der Waals surface area contributed by atoms with E-state index in [-0.39, 0.29) is 23.0 Å². The summed E-state index contributed by atoms with van der Waals surface area (Å²) >= 11 is 10.0. The van der Waals surface area contributed by atoms with Crippen LogP contribution in [0.15, 0.2) is 157 Å². The topological polar surface area (TPSA) is 344 Å². The van der Waals surface area contributed by atoms with Crippen LogP contribution in [0.3, 0.4) is 0 Å². The van der Waals surface area contributed by atoms with Crippen molar-refractivity contribution in [1.29, 1.82) is 37.1 Å². The Morgan fingerprint density at radius 3 is 1.14 bits per heavy atom. The van der Waals surface area contributed by atoms with Gasteiger partial charge in [-0.2, -0.15) is 26.3 Å². The first-order valence-electron chi connectivity index (χ1n) is 26.0.